The topological polar surface area (TPSA) is 26.7 Å². The summed E-state index contributed by atoms with van der Waals surface area (Å²) in [6.45, 7) is 3.73. The number of anilines is 1. The molecule has 1 heterocycles. The molecule has 2 atom stereocenters. The fraction of sp³-hybridized carbons (Fsp3) is 0.280. The highest BCUT2D eigenvalue weighted by atomic mass is 35.5. The summed E-state index contributed by atoms with van der Waals surface area (Å²) in [6, 6.07) is 16.5. The molecule has 3 nitrogen and oxygen atoms in total. The third-order valence-corrected chi connectivity index (χ3v) is 6.80. The van der Waals surface area contributed by atoms with Crippen LogP contribution in [0, 0.1) is 11.6 Å². The Labute approximate surface area is 207 Å². The Balaban J connectivity index is 1.61. The van der Waals surface area contributed by atoms with Crippen molar-refractivity contribution in [3.05, 3.63) is 98.5 Å². The molecule has 1 aliphatic rings. The van der Waals surface area contributed by atoms with Gasteiger partial charge in [-0.2, -0.15) is 0 Å². The van der Waals surface area contributed by atoms with E-state index in [1.807, 2.05) is 36.4 Å². The minimum absolute atomic E-state index is 0.0737. The molecule has 8 heteroatoms. The van der Waals surface area contributed by atoms with E-state index >= 15 is 0 Å². The second-order valence-corrected chi connectivity index (χ2v) is 9.77. The lowest BCUT2D eigenvalue weighted by Gasteiger charge is -2.45. The molecule has 0 aliphatic carbocycles. The van der Waals surface area contributed by atoms with Crippen LogP contribution in [0.4, 0.5) is 14.5 Å². The first-order valence-corrected chi connectivity index (χ1v) is 11.6. The van der Waals surface area contributed by atoms with Crippen molar-refractivity contribution in [3.8, 4) is 0 Å². The van der Waals surface area contributed by atoms with Gasteiger partial charge in [-0.3, -0.25) is 4.90 Å². The van der Waals surface area contributed by atoms with Gasteiger partial charge in [0.25, 0.3) is 0 Å². The number of β-amino-alcohol motifs (C(OH)–C–C–N with tert-alkyl or cyclic N) is 1. The van der Waals surface area contributed by atoms with Crippen LogP contribution in [0.3, 0.4) is 0 Å². The SMILES string of the molecule is C[C@@](O)(CN1CCN(c2ccc(Cl)cc2Cl)[C@H](c2ccc(Cl)cc2)C1)c1ccc(F)c(F)c1. The van der Waals surface area contributed by atoms with Crippen LogP contribution in [0.5, 0.6) is 0 Å². The quantitative estimate of drug-likeness (QED) is 0.413. The first-order chi connectivity index (χ1) is 15.6. The smallest absolute Gasteiger partial charge is 0.159 e. The molecule has 0 bridgehead atoms. The van der Waals surface area contributed by atoms with E-state index in [9.17, 15) is 13.9 Å². The average Bonchev–Trinajstić information content (AvgIpc) is 2.76. The van der Waals surface area contributed by atoms with E-state index in [0.717, 1.165) is 23.4 Å². The fourth-order valence-electron chi connectivity index (χ4n) is 4.31. The summed E-state index contributed by atoms with van der Waals surface area (Å²) in [6.07, 6.45) is 0. The van der Waals surface area contributed by atoms with E-state index in [4.69, 9.17) is 34.8 Å². The van der Waals surface area contributed by atoms with Crippen molar-refractivity contribution in [2.24, 2.45) is 0 Å². The summed E-state index contributed by atoms with van der Waals surface area (Å²) in [4.78, 5) is 4.32. The summed E-state index contributed by atoms with van der Waals surface area (Å²) in [5.41, 5.74) is 0.877. The summed E-state index contributed by atoms with van der Waals surface area (Å²) in [7, 11) is 0. The van der Waals surface area contributed by atoms with Gasteiger partial charge >= 0.3 is 0 Å². The number of benzene rings is 3. The van der Waals surface area contributed by atoms with Crippen LogP contribution < -0.4 is 4.90 Å². The molecule has 3 aromatic rings. The highest BCUT2D eigenvalue weighted by molar-refractivity contribution is 6.36. The predicted octanol–water partition coefficient (Wildman–Crippen LogP) is 6.70. The Morgan fingerprint density at radius 3 is 2.27 bits per heavy atom. The Morgan fingerprint density at radius 1 is 0.909 bits per heavy atom. The third-order valence-electron chi connectivity index (χ3n) is 6.01. The molecule has 0 saturated carbocycles. The molecule has 33 heavy (non-hydrogen) atoms. The number of rotatable bonds is 5. The van der Waals surface area contributed by atoms with Crippen molar-refractivity contribution in [2.45, 2.75) is 18.6 Å². The monoisotopic (exact) mass is 510 g/mol. The van der Waals surface area contributed by atoms with Crippen molar-refractivity contribution < 1.29 is 13.9 Å². The van der Waals surface area contributed by atoms with E-state index in [1.54, 1.807) is 13.0 Å². The van der Waals surface area contributed by atoms with Crippen molar-refractivity contribution in [3.63, 3.8) is 0 Å². The van der Waals surface area contributed by atoms with Crippen LogP contribution in [-0.2, 0) is 5.60 Å². The van der Waals surface area contributed by atoms with Gasteiger partial charge in [-0.25, -0.2) is 8.78 Å². The zero-order valence-corrected chi connectivity index (χ0v) is 20.2. The number of halogens is 5. The van der Waals surface area contributed by atoms with Crippen LogP contribution in [0.25, 0.3) is 0 Å². The molecule has 1 N–H and O–H groups in total. The van der Waals surface area contributed by atoms with Gasteiger partial charge in [-0.1, -0.05) is 53.0 Å². The molecule has 0 radical (unpaired) electrons. The van der Waals surface area contributed by atoms with Crippen molar-refractivity contribution >= 4 is 40.5 Å². The van der Waals surface area contributed by atoms with Crippen molar-refractivity contribution in [1.29, 1.82) is 0 Å². The lowest BCUT2D eigenvalue weighted by molar-refractivity contribution is 0.00998. The van der Waals surface area contributed by atoms with Gasteiger partial charge in [0.05, 0.1) is 22.4 Å². The van der Waals surface area contributed by atoms with Crippen LogP contribution in [0.15, 0.2) is 60.7 Å². The van der Waals surface area contributed by atoms with Gasteiger partial charge in [0, 0.05) is 36.2 Å². The average molecular weight is 512 g/mol. The van der Waals surface area contributed by atoms with Gasteiger partial charge in [-0.05, 0) is 60.5 Å². The molecule has 3 aromatic carbocycles. The standard InChI is InChI=1S/C25H23Cl3F2N2O/c1-25(33,17-4-8-21(29)22(30)12-17)15-31-10-11-32(23-9-7-19(27)13-20(23)28)24(14-31)16-2-5-18(26)6-3-16/h2-9,12-13,24,33H,10-11,14-15H2,1H3/t24-,25+/m0/s1. The first kappa shape index (κ1) is 24.2. The number of hydrogen-bond donors (Lipinski definition) is 1. The van der Waals surface area contributed by atoms with E-state index < -0.39 is 17.2 Å². The Hall–Kier alpha value is -1.89. The van der Waals surface area contributed by atoms with Gasteiger partial charge in [0.1, 0.15) is 0 Å². The molecular formula is C25H23Cl3F2N2O. The van der Waals surface area contributed by atoms with E-state index in [-0.39, 0.29) is 12.6 Å². The van der Waals surface area contributed by atoms with Crippen LogP contribution in [-0.4, -0.2) is 36.2 Å². The van der Waals surface area contributed by atoms with E-state index in [1.165, 1.54) is 6.07 Å². The predicted molar refractivity (Wildman–Crippen MR) is 130 cm³/mol. The zero-order valence-electron chi connectivity index (χ0n) is 17.9. The number of hydrogen-bond acceptors (Lipinski definition) is 3. The van der Waals surface area contributed by atoms with Gasteiger partial charge in [0.2, 0.25) is 0 Å². The minimum atomic E-state index is -1.36. The Bertz CT molecular complexity index is 1140. The summed E-state index contributed by atoms with van der Waals surface area (Å²) in [5, 5.41) is 12.9. The highest BCUT2D eigenvalue weighted by Gasteiger charge is 2.34. The molecule has 0 unspecified atom stereocenters. The maximum Gasteiger partial charge on any atom is 0.159 e. The molecule has 4 rings (SSSR count). The van der Waals surface area contributed by atoms with Crippen molar-refractivity contribution in [1.82, 2.24) is 4.90 Å². The number of nitrogens with zero attached hydrogens (tertiary/aromatic N) is 2. The van der Waals surface area contributed by atoms with Gasteiger partial charge < -0.3 is 10.0 Å². The Kier molecular flexibility index (Phi) is 7.18. The molecule has 0 spiro atoms. The summed E-state index contributed by atoms with van der Waals surface area (Å²) >= 11 is 18.7. The Morgan fingerprint density at radius 2 is 1.61 bits per heavy atom. The molecule has 1 saturated heterocycles. The molecular weight excluding hydrogens is 489 g/mol. The molecule has 1 fully saturated rings. The molecule has 174 valence electrons. The second-order valence-electron chi connectivity index (χ2n) is 8.49. The normalized spacial score (nSPS) is 18.9. The van der Waals surface area contributed by atoms with E-state index in [0.29, 0.717) is 40.3 Å². The van der Waals surface area contributed by atoms with Crippen LogP contribution >= 0.6 is 34.8 Å². The second kappa shape index (κ2) is 9.77. The lowest BCUT2D eigenvalue weighted by Crippen LogP contribution is -2.52. The molecule has 1 aliphatic heterocycles. The van der Waals surface area contributed by atoms with Gasteiger partial charge in [-0.15, -0.1) is 0 Å². The number of aliphatic hydroxyl groups is 1. The number of piperazine rings is 1. The minimum Gasteiger partial charge on any atom is -0.384 e. The van der Waals surface area contributed by atoms with Crippen LogP contribution in [0.2, 0.25) is 15.1 Å². The van der Waals surface area contributed by atoms with Crippen LogP contribution in [0.1, 0.15) is 24.1 Å². The summed E-state index contributed by atoms with van der Waals surface area (Å²) < 4.78 is 27.1. The highest BCUT2D eigenvalue weighted by Crippen LogP contribution is 2.37. The molecule has 0 amide bonds. The maximum atomic E-state index is 13.8. The fourth-order valence-corrected chi connectivity index (χ4v) is 4.96. The largest absolute Gasteiger partial charge is 0.384 e. The maximum absolute atomic E-state index is 13.8. The summed E-state index contributed by atoms with van der Waals surface area (Å²) in [5.74, 6) is -1.92. The zero-order chi connectivity index (χ0) is 23.8. The third kappa shape index (κ3) is 5.44. The van der Waals surface area contributed by atoms with Gasteiger partial charge in [0.15, 0.2) is 11.6 Å². The first-order valence-electron chi connectivity index (χ1n) is 10.5. The molecule has 0 aromatic heterocycles. The van der Waals surface area contributed by atoms with Crippen molar-refractivity contribution in [2.75, 3.05) is 31.1 Å². The van der Waals surface area contributed by atoms with E-state index in [2.05, 4.69) is 9.80 Å². The lowest BCUT2D eigenvalue weighted by atomic mass is 9.93.